The summed E-state index contributed by atoms with van der Waals surface area (Å²) >= 11 is 0. The van der Waals surface area contributed by atoms with E-state index in [0.29, 0.717) is 6.61 Å². The van der Waals surface area contributed by atoms with Gasteiger partial charge in [-0.1, -0.05) is 6.92 Å². The Labute approximate surface area is 109 Å². The molecule has 0 fully saturated rings. The number of hydrogen-bond donors (Lipinski definition) is 2. The molecule has 0 saturated carbocycles. The molecular formula is C13H24N4O. The number of ether oxygens (including phenoxy) is 1. The monoisotopic (exact) mass is 252 g/mol. The van der Waals surface area contributed by atoms with E-state index < -0.39 is 0 Å². The van der Waals surface area contributed by atoms with Crippen LogP contribution < -0.4 is 10.6 Å². The second-order valence-electron chi connectivity index (χ2n) is 4.33. The van der Waals surface area contributed by atoms with E-state index in [1.807, 2.05) is 13.8 Å². The normalized spacial score (nSPS) is 12.2. The highest BCUT2D eigenvalue weighted by Crippen LogP contribution is 2.18. The van der Waals surface area contributed by atoms with Gasteiger partial charge in [-0.05, 0) is 27.2 Å². The molecule has 1 atom stereocenters. The highest BCUT2D eigenvalue weighted by molar-refractivity contribution is 5.56. The van der Waals surface area contributed by atoms with Crippen molar-refractivity contribution in [3.05, 3.63) is 11.9 Å². The number of nitrogens with one attached hydrogen (secondary N) is 2. The number of nitrogens with zero attached hydrogens (tertiary/aromatic N) is 2. The molecule has 0 aliphatic rings. The highest BCUT2D eigenvalue weighted by atomic mass is 16.5. The zero-order valence-electron chi connectivity index (χ0n) is 11.8. The molecule has 1 aromatic heterocycles. The fourth-order valence-corrected chi connectivity index (χ4v) is 1.59. The Morgan fingerprint density at radius 3 is 2.67 bits per heavy atom. The summed E-state index contributed by atoms with van der Waals surface area (Å²) in [7, 11) is 0. The Balaban J connectivity index is 2.64. The summed E-state index contributed by atoms with van der Waals surface area (Å²) in [5.74, 6) is 1.77. The van der Waals surface area contributed by atoms with Crippen LogP contribution in [0.5, 0.6) is 0 Å². The van der Waals surface area contributed by atoms with Gasteiger partial charge in [0.2, 0.25) is 0 Å². The molecule has 0 aliphatic carbocycles. The van der Waals surface area contributed by atoms with Gasteiger partial charge in [-0.2, -0.15) is 0 Å². The summed E-state index contributed by atoms with van der Waals surface area (Å²) in [5.41, 5.74) is 1.05. The lowest BCUT2D eigenvalue weighted by molar-refractivity contribution is 0.141. The van der Waals surface area contributed by atoms with E-state index in [0.717, 1.165) is 36.8 Å². The highest BCUT2D eigenvalue weighted by Gasteiger charge is 2.09. The molecule has 1 rings (SSSR count). The largest absolute Gasteiger partial charge is 0.380 e. The van der Waals surface area contributed by atoms with Crippen LogP contribution in [0, 0.1) is 6.92 Å². The Hall–Kier alpha value is -1.36. The van der Waals surface area contributed by atoms with Crippen LogP contribution in [-0.4, -0.2) is 35.8 Å². The van der Waals surface area contributed by atoms with Crippen molar-refractivity contribution in [2.45, 2.75) is 40.2 Å². The molecule has 0 amide bonds. The molecular weight excluding hydrogens is 228 g/mol. The summed E-state index contributed by atoms with van der Waals surface area (Å²) in [6.07, 6.45) is 2.66. The van der Waals surface area contributed by atoms with E-state index in [1.54, 1.807) is 6.33 Å². The maximum absolute atomic E-state index is 5.38. The van der Waals surface area contributed by atoms with E-state index in [1.165, 1.54) is 0 Å². The van der Waals surface area contributed by atoms with Gasteiger partial charge in [0, 0.05) is 24.8 Å². The Bertz CT molecular complexity index is 357. The van der Waals surface area contributed by atoms with E-state index in [9.17, 15) is 0 Å². The molecule has 1 heterocycles. The third kappa shape index (κ3) is 4.49. The lowest BCUT2D eigenvalue weighted by Crippen LogP contribution is -2.23. The van der Waals surface area contributed by atoms with Crippen molar-refractivity contribution in [1.29, 1.82) is 0 Å². The summed E-state index contributed by atoms with van der Waals surface area (Å²) in [6.45, 7) is 10.6. The van der Waals surface area contributed by atoms with Gasteiger partial charge in [0.1, 0.15) is 18.0 Å². The second-order valence-corrected chi connectivity index (χ2v) is 4.33. The fraction of sp³-hybridized carbons (Fsp3) is 0.692. The molecule has 0 spiro atoms. The Morgan fingerprint density at radius 2 is 2.00 bits per heavy atom. The minimum absolute atomic E-state index is 0.234. The average Bonchev–Trinajstić information content (AvgIpc) is 2.37. The van der Waals surface area contributed by atoms with Crippen molar-refractivity contribution in [3.8, 4) is 0 Å². The van der Waals surface area contributed by atoms with Crippen molar-refractivity contribution in [1.82, 2.24) is 9.97 Å². The predicted octanol–water partition coefficient (Wildman–Crippen LogP) is 2.44. The lowest BCUT2D eigenvalue weighted by atomic mass is 10.2. The van der Waals surface area contributed by atoms with Crippen molar-refractivity contribution in [2.24, 2.45) is 0 Å². The van der Waals surface area contributed by atoms with Gasteiger partial charge in [0.25, 0.3) is 0 Å². The summed E-state index contributed by atoms with van der Waals surface area (Å²) in [4.78, 5) is 8.53. The number of hydrogen-bond acceptors (Lipinski definition) is 5. The van der Waals surface area contributed by atoms with E-state index in [4.69, 9.17) is 4.74 Å². The van der Waals surface area contributed by atoms with Gasteiger partial charge < -0.3 is 15.4 Å². The van der Waals surface area contributed by atoms with E-state index >= 15 is 0 Å². The Kier molecular flexibility index (Phi) is 6.43. The van der Waals surface area contributed by atoms with Gasteiger partial charge in [0.15, 0.2) is 0 Å². The minimum atomic E-state index is 0.234. The molecule has 0 radical (unpaired) electrons. The number of rotatable bonds is 8. The maximum Gasteiger partial charge on any atom is 0.134 e. The summed E-state index contributed by atoms with van der Waals surface area (Å²) in [5, 5.41) is 6.64. The van der Waals surface area contributed by atoms with Gasteiger partial charge in [0.05, 0.1) is 6.61 Å². The molecule has 0 bridgehead atoms. The molecule has 2 N–H and O–H groups in total. The van der Waals surface area contributed by atoms with Crippen LogP contribution in [0.2, 0.25) is 0 Å². The summed E-state index contributed by atoms with van der Waals surface area (Å²) in [6, 6.07) is 0.234. The van der Waals surface area contributed by atoms with Gasteiger partial charge in [-0.3, -0.25) is 0 Å². The second kappa shape index (κ2) is 7.87. The van der Waals surface area contributed by atoms with Crippen molar-refractivity contribution < 1.29 is 4.74 Å². The number of aromatic nitrogens is 2. The predicted molar refractivity (Wildman–Crippen MR) is 75.1 cm³/mol. The van der Waals surface area contributed by atoms with Crippen LogP contribution in [0.4, 0.5) is 11.6 Å². The van der Waals surface area contributed by atoms with Crippen LogP contribution in [0.1, 0.15) is 32.8 Å². The molecule has 5 nitrogen and oxygen atoms in total. The third-order valence-electron chi connectivity index (χ3n) is 2.58. The molecule has 1 unspecified atom stereocenters. The standard InChI is InChI=1S/C13H24N4O/c1-5-7-14-12-11(4)13(16-9-15-12)17-10(3)8-18-6-2/h9-10H,5-8H2,1-4H3,(H2,14,15,16,17). The number of anilines is 2. The zero-order valence-corrected chi connectivity index (χ0v) is 11.8. The SMILES string of the molecule is CCCNc1ncnc(NC(C)COCC)c1C. The van der Waals surface area contributed by atoms with Gasteiger partial charge in [-0.15, -0.1) is 0 Å². The topological polar surface area (TPSA) is 59.1 Å². The first-order valence-electron chi connectivity index (χ1n) is 6.58. The zero-order chi connectivity index (χ0) is 13.4. The van der Waals surface area contributed by atoms with Crippen molar-refractivity contribution in [2.75, 3.05) is 30.4 Å². The average molecular weight is 252 g/mol. The van der Waals surface area contributed by atoms with Crippen LogP contribution >= 0.6 is 0 Å². The maximum atomic E-state index is 5.38. The molecule has 0 aromatic carbocycles. The lowest BCUT2D eigenvalue weighted by Gasteiger charge is -2.17. The quantitative estimate of drug-likeness (QED) is 0.744. The van der Waals surface area contributed by atoms with Gasteiger partial charge >= 0.3 is 0 Å². The molecule has 102 valence electrons. The summed E-state index contributed by atoms with van der Waals surface area (Å²) < 4.78 is 5.38. The first kappa shape index (κ1) is 14.7. The fourth-order valence-electron chi connectivity index (χ4n) is 1.59. The molecule has 0 aliphatic heterocycles. The Morgan fingerprint density at radius 1 is 1.28 bits per heavy atom. The van der Waals surface area contributed by atoms with E-state index in [-0.39, 0.29) is 6.04 Å². The van der Waals surface area contributed by atoms with Gasteiger partial charge in [-0.25, -0.2) is 9.97 Å². The minimum Gasteiger partial charge on any atom is -0.380 e. The first-order chi connectivity index (χ1) is 8.69. The van der Waals surface area contributed by atoms with Crippen LogP contribution in [0.3, 0.4) is 0 Å². The molecule has 18 heavy (non-hydrogen) atoms. The van der Waals surface area contributed by atoms with Crippen molar-refractivity contribution >= 4 is 11.6 Å². The van der Waals surface area contributed by atoms with E-state index in [2.05, 4.69) is 34.4 Å². The molecule has 5 heteroatoms. The first-order valence-corrected chi connectivity index (χ1v) is 6.58. The van der Waals surface area contributed by atoms with Crippen LogP contribution in [0.15, 0.2) is 6.33 Å². The molecule has 0 saturated heterocycles. The third-order valence-corrected chi connectivity index (χ3v) is 2.58. The van der Waals surface area contributed by atoms with Crippen molar-refractivity contribution in [3.63, 3.8) is 0 Å². The van der Waals surface area contributed by atoms with Crippen LogP contribution in [0.25, 0.3) is 0 Å². The molecule has 1 aromatic rings. The van der Waals surface area contributed by atoms with Crippen LogP contribution in [-0.2, 0) is 4.74 Å². The smallest absolute Gasteiger partial charge is 0.134 e.